The van der Waals surface area contributed by atoms with Gasteiger partial charge in [0.15, 0.2) is 0 Å². The number of amides is 1. The number of carbonyl (C=O) groups is 1. The van der Waals surface area contributed by atoms with E-state index in [9.17, 15) is 4.79 Å². The van der Waals surface area contributed by atoms with E-state index in [4.69, 9.17) is 0 Å². The average Bonchev–Trinajstić information content (AvgIpc) is 2.55. The Morgan fingerprint density at radius 1 is 1.22 bits per heavy atom. The lowest BCUT2D eigenvalue weighted by atomic mass is 10.0. The summed E-state index contributed by atoms with van der Waals surface area (Å²) in [4.78, 5) is 14.6. The molecule has 4 heteroatoms. The molecule has 0 aliphatic carbocycles. The first-order valence-electron chi connectivity index (χ1n) is 8.01. The Hall–Kier alpha value is -1.81. The largest absolute Gasteiger partial charge is 0.362 e. The summed E-state index contributed by atoms with van der Waals surface area (Å²) in [5.74, 6) is 0.0668. The van der Waals surface area contributed by atoms with Gasteiger partial charge >= 0.3 is 0 Å². The molecule has 0 unspecified atom stereocenters. The fourth-order valence-electron chi connectivity index (χ4n) is 3.07. The van der Waals surface area contributed by atoms with Crippen molar-refractivity contribution in [3.05, 3.63) is 64.1 Å². The summed E-state index contributed by atoms with van der Waals surface area (Å²) >= 11 is 3.43. The lowest BCUT2D eigenvalue weighted by molar-refractivity contribution is -0.120. The lowest BCUT2D eigenvalue weighted by Crippen LogP contribution is -2.40. The van der Waals surface area contributed by atoms with E-state index < -0.39 is 0 Å². The summed E-state index contributed by atoms with van der Waals surface area (Å²) in [6.07, 6.45) is 2.20. The molecule has 0 radical (unpaired) electrons. The van der Waals surface area contributed by atoms with Gasteiger partial charge in [-0.3, -0.25) is 4.79 Å². The molecule has 3 nitrogen and oxygen atoms in total. The molecule has 2 aromatic rings. The number of rotatable bonds is 4. The van der Waals surface area contributed by atoms with Gasteiger partial charge in [-0.2, -0.15) is 0 Å². The molecule has 0 bridgehead atoms. The number of nitrogens with zero attached hydrogens (tertiary/aromatic N) is 1. The van der Waals surface area contributed by atoms with E-state index in [0.29, 0.717) is 6.54 Å². The maximum absolute atomic E-state index is 12.4. The molecule has 1 atom stereocenters. The number of aryl methyl sites for hydroxylation is 1. The predicted molar refractivity (Wildman–Crippen MR) is 97.7 cm³/mol. The Bertz CT molecular complexity index is 684. The Morgan fingerprint density at radius 2 is 1.96 bits per heavy atom. The van der Waals surface area contributed by atoms with Crippen LogP contribution < -0.4 is 10.2 Å². The van der Waals surface area contributed by atoms with Crippen molar-refractivity contribution in [1.82, 2.24) is 5.32 Å². The van der Waals surface area contributed by atoms with Crippen LogP contribution >= 0.6 is 15.9 Å². The van der Waals surface area contributed by atoms with E-state index in [2.05, 4.69) is 44.3 Å². The number of halogens is 1. The number of nitrogens with one attached hydrogen (secondary N) is 1. The van der Waals surface area contributed by atoms with Crippen molar-refractivity contribution in [1.29, 1.82) is 0 Å². The van der Waals surface area contributed by atoms with Gasteiger partial charge in [0.2, 0.25) is 5.91 Å². The normalized spacial score (nSPS) is 15.0. The highest BCUT2D eigenvalue weighted by atomic mass is 79.9. The van der Waals surface area contributed by atoms with Gasteiger partial charge < -0.3 is 10.2 Å². The van der Waals surface area contributed by atoms with Gasteiger partial charge in [-0.15, -0.1) is 0 Å². The van der Waals surface area contributed by atoms with E-state index >= 15 is 0 Å². The molecule has 1 N–H and O–H groups in total. The zero-order chi connectivity index (χ0) is 16.2. The highest BCUT2D eigenvalue weighted by Crippen LogP contribution is 2.26. The molecule has 1 amide bonds. The Kier molecular flexibility index (Phi) is 5.01. The lowest BCUT2D eigenvalue weighted by Gasteiger charge is -2.31. The second kappa shape index (κ2) is 7.18. The van der Waals surface area contributed by atoms with E-state index in [0.717, 1.165) is 29.4 Å². The summed E-state index contributed by atoms with van der Waals surface area (Å²) in [5, 5.41) is 3.10. The molecular weight excluding hydrogens is 352 g/mol. The second-order valence-corrected chi connectivity index (χ2v) is 6.91. The fourth-order valence-corrected chi connectivity index (χ4v) is 3.34. The number of hydrogen-bond donors (Lipinski definition) is 1. The minimum atomic E-state index is 0.00985. The van der Waals surface area contributed by atoms with Crippen molar-refractivity contribution in [3.63, 3.8) is 0 Å². The van der Waals surface area contributed by atoms with Crippen LogP contribution in [-0.4, -0.2) is 19.0 Å². The van der Waals surface area contributed by atoms with Crippen LogP contribution in [0, 0.1) is 0 Å². The van der Waals surface area contributed by atoms with Crippen LogP contribution in [0.3, 0.4) is 0 Å². The minimum absolute atomic E-state index is 0.00985. The van der Waals surface area contributed by atoms with Gasteiger partial charge in [-0.1, -0.05) is 46.3 Å². The van der Waals surface area contributed by atoms with Crippen LogP contribution in [0.2, 0.25) is 0 Å². The van der Waals surface area contributed by atoms with Crippen LogP contribution in [0.4, 0.5) is 5.69 Å². The van der Waals surface area contributed by atoms with E-state index in [-0.39, 0.29) is 11.9 Å². The van der Waals surface area contributed by atoms with E-state index in [1.807, 2.05) is 37.3 Å². The number of para-hydroxylation sites is 1. The molecule has 1 aliphatic rings. The summed E-state index contributed by atoms with van der Waals surface area (Å²) in [5.41, 5.74) is 3.65. The number of benzene rings is 2. The molecule has 1 heterocycles. The molecule has 120 valence electrons. The zero-order valence-electron chi connectivity index (χ0n) is 13.3. The molecule has 0 saturated carbocycles. The number of carbonyl (C=O) groups excluding carboxylic acids is 1. The van der Waals surface area contributed by atoms with E-state index in [1.54, 1.807) is 0 Å². The van der Waals surface area contributed by atoms with Crippen LogP contribution in [0.15, 0.2) is 53.0 Å². The summed E-state index contributed by atoms with van der Waals surface area (Å²) in [6.45, 7) is 3.38. The Balaban J connectivity index is 1.63. The van der Waals surface area contributed by atoms with Crippen molar-refractivity contribution in [2.75, 3.05) is 18.0 Å². The van der Waals surface area contributed by atoms with Crippen molar-refractivity contribution in [3.8, 4) is 0 Å². The molecule has 0 fully saturated rings. The van der Waals surface area contributed by atoms with Gasteiger partial charge in [0.25, 0.3) is 0 Å². The molecule has 0 aromatic heterocycles. The fraction of sp³-hybridized carbons (Fsp3) is 0.316. The highest BCUT2D eigenvalue weighted by molar-refractivity contribution is 9.10. The van der Waals surface area contributed by atoms with E-state index in [1.165, 1.54) is 11.3 Å². The van der Waals surface area contributed by atoms with Gasteiger partial charge in [0, 0.05) is 16.7 Å². The van der Waals surface area contributed by atoms with Gasteiger partial charge in [0.1, 0.15) is 0 Å². The van der Waals surface area contributed by atoms with Gasteiger partial charge in [-0.05, 0) is 49.1 Å². The molecular formula is C19H21BrN2O. The standard InChI is InChI=1S/C19H21BrN2O/c1-14(15-8-10-17(20)11-9-15)21-19(23)13-22-12-4-6-16-5-2-3-7-18(16)22/h2-3,5,7-11,14H,4,6,12-13H2,1H3,(H,21,23)/t14-/m1/s1. The van der Waals surface area contributed by atoms with Crippen molar-refractivity contribution < 1.29 is 4.79 Å². The highest BCUT2D eigenvalue weighted by Gasteiger charge is 2.19. The first-order chi connectivity index (χ1) is 11.1. The molecule has 23 heavy (non-hydrogen) atoms. The number of hydrogen-bond acceptors (Lipinski definition) is 2. The molecule has 2 aromatic carbocycles. The van der Waals surface area contributed by atoms with Crippen LogP contribution in [0.25, 0.3) is 0 Å². The smallest absolute Gasteiger partial charge is 0.239 e. The summed E-state index contributed by atoms with van der Waals surface area (Å²) in [7, 11) is 0. The Morgan fingerprint density at radius 3 is 2.74 bits per heavy atom. The third-order valence-corrected chi connectivity index (χ3v) is 4.82. The second-order valence-electron chi connectivity index (χ2n) is 5.99. The maximum Gasteiger partial charge on any atom is 0.239 e. The SMILES string of the molecule is C[C@@H](NC(=O)CN1CCCc2ccccc21)c1ccc(Br)cc1. The molecule has 0 saturated heterocycles. The van der Waals surface area contributed by atoms with Crippen LogP contribution in [-0.2, 0) is 11.2 Å². The average molecular weight is 373 g/mol. The first-order valence-corrected chi connectivity index (χ1v) is 8.80. The number of fused-ring (bicyclic) bond motifs is 1. The van der Waals surface area contributed by atoms with Crippen molar-refractivity contribution in [2.24, 2.45) is 0 Å². The molecule has 0 spiro atoms. The third-order valence-electron chi connectivity index (χ3n) is 4.29. The maximum atomic E-state index is 12.4. The Labute approximate surface area is 145 Å². The van der Waals surface area contributed by atoms with Crippen LogP contribution in [0.5, 0.6) is 0 Å². The molecule has 3 rings (SSSR count). The summed E-state index contributed by atoms with van der Waals surface area (Å²) in [6, 6.07) is 16.4. The molecule has 1 aliphatic heterocycles. The quantitative estimate of drug-likeness (QED) is 0.876. The monoisotopic (exact) mass is 372 g/mol. The van der Waals surface area contributed by atoms with Gasteiger partial charge in [0.05, 0.1) is 12.6 Å². The third kappa shape index (κ3) is 3.94. The van der Waals surface area contributed by atoms with Crippen LogP contribution in [0.1, 0.15) is 30.5 Å². The summed E-state index contributed by atoms with van der Waals surface area (Å²) < 4.78 is 1.05. The predicted octanol–water partition coefficient (Wildman–Crippen LogP) is 4.08. The zero-order valence-corrected chi connectivity index (χ0v) is 14.8. The van der Waals surface area contributed by atoms with Crippen molar-refractivity contribution >= 4 is 27.5 Å². The topological polar surface area (TPSA) is 32.3 Å². The first kappa shape index (κ1) is 16.1. The van der Waals surface area contributed by atoms with Crippen molar-refractivity contribution in [2.45, 2.75) is 25.8 Å². The number of anilines is 1. The van der Waals surface area contributed by atoms with Gasteiger partial charge in [-0.25, -0.2) is 0 Å². The minimum Gasteiger partial charge on any atom is -0.362 e.